The highest BCUT2D eigenvalue weighted by atomic mass is 127. The number of hydrogen-bond acceptors (Lipinski definition) is 2. The van der Waals surface area contributed by atoms with Crippen LogP contribution in [-0.4, -0.2) is 17.8 Å². The molecule has 0 heterocycles. The van der Waals surface area contributed by atoms with E-state index in [1.54, 1.807) is 0 Å². The molecule has 90 valence electrons. The molecule has 0 aliphatic rings. The quantitative estimate of drug-likeness (QED) is 0.490. The molecule has 0 aromatic heterocycles. The summed E-state index contributed by atoms with van der Waals surface area (Å²) in [6.45, 7) is 0.186. The average Bonchev–Trinajstić information content (AvgIpc) is 2.13. The maximum absolute atomic E-state index is 12.7. The Hall–Kier alpha value is -0.180. The molecule has 1 aromatic carbocycles. The largest absolute Gasteiger partial charge is 0.441 e. The van der Waals surface area contributed by atoms with Gasteiger partial charge in [0.15, 0.2) is 0 Å². The normalized spacial score (nSPS) is 11.6. The summed E-state index contributed by atoms with van der Waals surface area (Å²) < 4.78 is 48.7. The molecule has 1 rings (SSSR count). The van der Waals surface area contributed by atoms with Gasteiger partial charge in [-0.25, -0.2) is 4.39 Å². The first-order valence-electron chi connectivity index (χ1n) is 4.28. The third kappa shape index (κ3) is 5.24. The van der Waals surface area contributed by atoms with Crippen LogP contribution < -0.4 is 5.32 Å². The van der Waals surface area contributed by atoms with Crippen LogP contribution in [0, 0.1) is 9.39 Å². The molecule has 0 aliphatic heterocycles. The summed E-state index contributed by atoms with van der Waals surface area (Å²) in [5.41, 5.74) is -3.55. The van der Waals surface area contributed by atoms with Gasteiger partial charge in [-0.2, -0.15) is 13.2 Å². The standard InChI is InChI=1S/C9H8F4INS/c10-6-1-2-8(7(14)5-6)15-3-4-16-9(11,12)13/h1-2,5,15H,3-4H2. The zero-order chi connectivity index (χ0) is 12.2. The molecule has 0 radical (unpaired) electrons. The maximum Gasteiger partial charge on any atom is 0.441 e. The third-order valence-corrected chi connectivity index (χ3v) is 3.24. The highest BCUT2D eigenvalue weighted by molar-refractivity contribution is 14.1. The Morgan fingerprint density at radius 1 is 1.31 bits per heavy atom. The molecule has 0 atom stereocenters. The molecular formula is C9H8F4INS. The third-order valence-electron chi connectivity index (χ3n) is 1.61. The van der Waals surface area contributed by atoms with Crippen molar-refractivity contribution >= 4 is 40.0 Å². The SMILES string of the molecule is Fc1ccc(NCCSC(F)(F)F)c(I)c1. The van der Waals surface area contributed by atoms with Gasteiger partial charge in [0.05, 0.1) is 0 Å². The smallest absolute Gasteiger partial charge is 0.383 e. The van der Waals surface area contributed by atoms with E-state index < -0.39 is 5.51 Å². The van der Waals surface area contributed by atoms with Crippen LogP contribution in [-0.2, 0) is 0 Å². The van der Waals surface area contributed by atoms with Gasteiger partial charge in [0.25, 0.3) is 0 Å². The minimum atomic E-state index is -4.20. The lowest BCUT2D eigenvalue weighted by atomic mass is 10.3. The number of rotatable bonds is 4. The Kier molecular flexibility index (Phi) is 5.16. The molecule has 0 spiro atoms. The van der Waals surface area contributed by atoms with Gasteiger partial charge in [-0.15, -0.1) is 0 Å². The van der Waals surface area contributed by atoms with E-state index in [-0.39, 0.29) is 29.9 Å². The molecule has 0 unspecified atom stereocenters. The molecule has 0 saturated carbocycles. The first-order chi connectivity index (χ1) is 7.38. The number of anilines is 1. The van der Waals surface area contributed by atoms with E-state index >= 15 is 0 Å². The van der Waals surface area contributed by atoms with Crippen molar-refractivity contribution in [3.63, 3.8) is 0 Å². The Morgan fingerprint density at radius 3 is 2.56 bits per heavy atom. The predicted octanol–water partition coefficient (Wildman–Crippen LogP) is 4.10. The van der Waals surface area contributed by atoms with Crippen molar-refractivity contribution in [2.24, 2.45) is 0 Å². The number of hydrogen-bond donors (Lipinski definition) is 1. The topological polar surface area (TPSA) is 12.0 Å². The van der Waals surface area contributed by atoms with Crippen LogP contribution in [0.2, 0.25) is 0 Å². The fourth-order valence-electron chi connectivity index (χ4n) is 0.985. The number of alkyl halides is 3. The summed E-state index contributed by atoms with van der Waals surface area (Å²) in [5, 5.41) is 2.82. The molecule has 0 amide bonds. The van der Waals surface area contributed by atoms with Crippen molar-refractivity contribution in [3.05, 3.63) is 27.6 Å². The maximum atomic E-state index is 12.7. The van der Waals surface area contributed by atoms with Crippen molar-refractivity contribution in [2.45, 2.75) is 5.51 Å². The highest BCUT2D eigenvalue weighted by Crippen LogP contribution is 2.29. The fraction of sp³-hybridized carbons (Fsp3) is 0.333. The van der Waals surface area contributed by atoms with Crippen molar-refractivity contribution in [3.8, 4) is 0 Å². The minimum Gasteiger partial charge on any atom is -0.383 e. The van der Waals surface area contributed by atoms with Crippen LogP contribution in [0.1, 0.15) is 0 Å². The van der Waals surface area contributed by atoms with Crippen LogP contribution in [0.3, 0.4) is 0 Å². The highest BCUT2D eigenvalue weighted by Gasteiger charge is 2.27. The summed E-state index contributed by atoms with van der Waals surface area (Å²) in [6.07, 6.45) is 0. The van der Waals surface area contributed by atoms with E-state index in [4.69, 9.17) is 0 Å². The lowest BCUT2D eigenvalue weighted by molar-refractivity contribution is -0.0327. The molecule has 0 fully saturated rings. The number of benzene rings is 1. The molecule has 1 aromatic rings. The summed E-state index contributed by atoms with van der Waals surface area (Å²) >= 11 is 1.85. The average molecular weight is 365 g/mol. The molecular weight excluding hydrogens is 357 g/mol. The van der Waals surface area contributed by atoms with Gasteiger partial charge in [0, 0.05) is 21.6 Å². The molecule has 0 bridgehead atoms. The first-order valence-corrected chi connectivity index (χ1v) is 6.34. The summed E-state index contributed by atoms with van der Waals surface area (Å²) in [5.74, 6) is -0.434. The Bertz CT molecular complexity index is 356. The van der Waals surface area contributed by atoms with Crippen molar-refractivity contribution < 1.29 is 17.6 Å². The number of nitrogens with one attached hydrogen (secondary N) is 1. The number of thioether (sulfide) groups is 1. The van der Waals surface area contributed by atoms with E-state index in [1.165, 1.54) is 18.2 Å². The molecule has 7 heteroatoms. The van der Waals surface area contributed by atoms with E-state index in [0.717, 1.165) is 0 Å². The first kappa shape index (κ1) is 13.9. The lowest BCUT2D eigenvalue weighted by Gasteiger charge is -2.09. The van der Waals surface area contributed by atoms with Crippen LogP contribution in [0.4, 0.5) is 23.2 Å². The van der Waals surface area contributed by atoms with Gasteiger partial charge >= 0.3 is 5.51 Å². The van der Waals surface area contributed by atoms with E-state index in [9.17, 15) is 17.6 Å². The monoisotopic (exact) mass is 365 g/mol. The Labute approximate surface area is 108 Å². The molecule has 1 N–H and O–H groups in total. The minimum absolute atomic E-state index is 0.0725. The zero-order valence-electron chi connectivity index (χ0n) is 7.94. The molecule has 0 aliphatic carbocycles. The Balaban J connectivity index is 2.38. The van der Waals surface area contributed by atoms with Gasteiger partial charge in [0.1, 0.15) is 5.82 Å². The second-order valence-electron chi connectivity index (χ2n) is 2.85. The van der Waals surface area contributed by atoms with E-state index in [0.29, 0.717) is 9.26 Å². The van der Waals surface area contributed by atoms with Crippen LogP contribution in [0.15, 0.2) is 18.2 Å². The van der Waals surface area contributed by atoms with E-state index in [1.807, 2.05) is 22.6 Å². The van der Waals surface area contributed by atoms with Crippen molar-refractivity contribution in [1.29, 1.82) is 0 Å². The summed E-state index contributed by atoms with van der Waals surface area (Å²) in [7, 11) is 0. The predicted molar refractivity (Wildman–Crippen MR) is 66.1 cm³/mol. The van der Waals surface area contributed by atoms with Crippen LogP contribution in [0.5, 0.6) is 0 Å². The van der Waals surface area contributed by atoms with Crippen molar-refractivity contribution in [1.82, 2.24) is 0 Å². The fourth-order valence-corrected chi connectivity index (χ4v) is 2.09. The van der Waals surface area contributed by atoms with E-state index in [2.05, 4.69) is 5.32 Å². The molecule has 0 saturated heterocycles. The Morgan fingerprint density at radius 2 is 2.00 bits per heavy atom. The second-order valence-corrected chi connectivity index (χ2v) is 5.17. The lowest BCUT2D eigenvalue weighted by Crippen LogP contribution is -2.10. The number of halogens is 5. The van der Waals surface area contributed by atoms with Crippen LogP contribution >= 0.6 is 34.4 Å². The summed E-state index contributed by atoms with van der Waals surface area (Å²) in [6, 6.07) is 4.09. The van der Waals surface area contributed by atoms with Gasteiger partial charge in [-0.1, -0.05) is 0 Å². The molecule has 1 nitrogen and oxygen atoms in total. The second kappa shape index (κ2) is 5.95. The van der Waals surface area contributed by atoms with Gasteiger partial charge in [-0.3, -0.25) is 0 Å². The zero-order valence-corrected chi connectivity index (χ0v) is 10.9. The summed E-state index contributed by atoms with van der Waals surface area (Å²) in [4.78, 5) is 0. The van der Waals surface area contributed by atoms with Crippen molar-refractivity contribution in [2.75, 3.05) is 17.6 Å². The van der Waals surface area contributed by atoms with Gasteiger partial charge in [-0.05, 0) is 52.6 Å². The van der Waals surface area contributed by atoms with Gasteiger partial charge in [0.2, 0.25) is 0 Å². The van der Waals surface area contributed by atoms with Crippen LogP contribution in [0.25, 0.3) is 0 Å². The van der Waals surface area contributed by atoms with Gasteiger partial charge < -0.3 is 5.32 Å². The molecule has 16 heavy (non-hydrogen) atoms.